The van der Waals surface area contributed by atoms with Crippen LogP contribution in [-0.2, 0) is 32.3 Å². The zero-order valence-electron chi connectivity index (χ0n) is 20.0. The molecule has 3 rings (SSSR count). The Morgan fingerprint density at radius 2 is 1.80 bits per heavy atom. The van der Waals surface area contributed by atoms with Crippen molar-refractivity contribution in [3.8, 4) is 0 Å². The molecule has 0 spiro atoms. The molecule has 1 amide bonds. The summed E-state index contributed by atoms with van der Waals surface area (Å²) >= 11 is 0. The molecule has 1 aromatic heterocycles. The summed E-state index contributed by atoms with van der Waals surface area (Å²) in [7, 11) is -4.07. The van der Waals surface area contributed by atoms with Crippen LogP contribution in [0.5, 0.6) is 0 Å². The molecule has 35 heavy (non-hydrogen) atoms. The van der Waals surface area contributed by atoms with Crippen LogP contribution in [0.3, 0.4) is 0 Å². The second-order valence-corrected chi connectivity index (χ2v) is 11.0. The number of ether oxygens (including phenoxy) is 2. The second-order valence-electron chi connectivity index (χ2n) is 9.31. The second kappa shape index (κ2) is 9.78. The van der Waals surface area contributed by atoms with Crippen molar-refractivity contribution in [3.05, 3.63) is 46.8 Å². The summed E-state index contributed by atoms with van der Waals surface area (Å²) in [5, 5.41) is 3.67. The Hall–Kier alpha value is -2.64. The quantitative estimate of drug-likeness (QED) is 0.618. The van der Waals surface area contributed by atoms with Gasteiger partial charge in [0.05, 0.1) is 30.9 Å². The first-order valence-electron chi connectivity index (χ1n) is 10.8. The summed E-state index contributed by atoms with van der Waals surface area (Å²) in [4.78, 5) is 13.8. The average Bonchev–Trinajstić information content (AvgIpc) is 3.27. The van der Waals surface area contributed by atoms with Crippen molar-refractivity contribution in [1.82, 2.24) is 14.8 Å². The standard InChI is InChI=1S/C22H28F3N3O6S/c1-13-19(14(2)34-26-13)35(30,31)27-17-10-28(20(29)33-21(3,4)5)11-18(17)32-12-15-6-8-16(9-7-15)22(23,24)25/h6-9,17-18,27H,10-12H2,1-5H3/t17-,18-/m1/s1. The predicted octanol–water partition coefficient (Wildman–Crippen LogP) is 3.79. The number of rotatable bonds is 6. The highest BCUT2D eigenvalue weighted by Crippen LogP contribution is 2.29. The molecule has 1 N–H and O–H groups in total. The molecule has 9 nitrogen and oxygen atoms in total. The summed E-state index contributed by atoms with van der Waals surface area (Å²) in [6.45, 7) is 7.97. The largest absolute Gasteiger partial charge is 0.444 e. The van der Waals surface area contributed by atoms with E-state index in [1.54, 1.807) is 20.8 Å². The lowest BCUT2D eigenvalue weighted by atomic mass is 10.1. The number of carbonyl (C=O) groups is 1. The zero-order chi connectivity index (χ0) is 26.2. The highest BCUT2D eigenvalue weighted by Gasteiger charge is 2.41. The maximum atomic E-state index is 13.0. The van der Waals surface area contributed by atoms with E-state index in [1.165, 1.54) is 30.9 Å². The lowest BCUT2D eigenvalue weighted by molar-refractivity contribution is -0.137. The Morgan fingerprint density at radius 1 is 1.17 bits per heavy atom. The molecule has 2 aromatic rings. The molecule has 0 bridgehead atoms. The van der Waals surface area contributed by atoms with Crippen molar-refractivity contribution in [3.63, 3.8) is 0 Å². The monoisotopic (exact) mass is 519 g/mol. The van der Waals surface area contributed by atoms with Crippen LogP contribution in [0, 0.1) is 13.8 Å². The molecule has 1 aliphatic heterocycles. The van der Waals surface area contributed by atoms with Gasteiger partial charge < -0.3 is 18.9 Å². The van der Waals surface area contributed by atoms with Crippen molar-refractivity contribution < 1.29 is 40.4 Å². The Morgan fingerprint density at radius 3 is 2.31 bits per heavy atom. The van der Waals surface area contributed by atoms with Crippen molar-refractivity contribution >= 4 is 16.1 Å². The van der Waals surface area contributed by atoms with Crippen LogP contribution >= 0.6 is 0 Å². The van der Waals surface area contributed by atoms with E-state index in [1.807, 2.05) is 0 Å². The molecule has 194 valence electrons. The van der Waals surface area contributed by atoms with Crippen molar-refractivity contribution in [2.24, 2.45) is 0 Å². The topological polar surface area (TPSA) is 111 Å². The van der Waals surface area contributed by atoms with E-state index in [2.05, 4.69) is 9.88 Å². The fourth-order valence-electron chi connectivity index (χ4n) is 3.64. The highest BCUT2D eigenvalue weighted by molar-refractivity contribution is 7.89. The number of sulfonamides is 1. The van der Waals surface area contributed by atoms with E-state index in [9.17, 15) is 26.4 Å². The smallest absolute Gasteiger partial charge is 0.416 e. The molecule has 1 aromatic carbocycles. The van der Waals surface area contributed by atoms with Gasteiger partial charge in [-0.2, -0.15) is 13.2 Å². The molecule has 1 saturated heterocycles. The van der Waals surface area contributed by atoms with Gasteiger partial charge in [-0.05, 0) is 52.3 Å². The van der Waals surface area contributed by atoms with Crippen LogP contribution in [0.25, 0.3) is 0 Å². The van der Waals surface area contributed by atoms with Crippen molar-refractivity contribution in [1.29, 1.82) is 0 Å². The molecule has 1 fully saturated rings. The van der Waals surface area contributed by atoms with Gasteiger partial charge >= 0.3 is 12.3 Å². The van der Waals surface area contributed by atoms with Gasteiger partial charge in [0.1, 0.15) is 16.2 Å². The van der Waals surface area contributed by atoms with Crippen LogP contribution in [-0.4, -0.2) is 55.4 Å². The van der Waals surface area contributed by atoms with Gasteiger partial charge in [-0.3, -0.25) is 0 Å². The average molecular weight is 520 g/mol. The van der Waals surface area contributed by atoms with Gasteiger partial charge in [0.2, 0.25) is 10.0 Å². The Kier molecular flexibility index (Phi) is 7.53. The first-order chi connectivity index (χ1) is 16.1. The number of hydrogen-bond donors (Lipinski definition) is 1. The normalized spacial score (nSPS) is 19.3. The van der Waals surface area contributed by atoms with Crippen LogP contribution in [0.15, 0.2) is 33.7 Å². The zero-order valence-corrected chi connectivity index (χ0v) is 20.8. The van der Waals surface area contributed by atoms with Crippen LogP contribution < -0.4 is 4.72 Å². The predicted molar refractivity (Wildman–Crippen MR) is 118 cm³/mol. The highest BCUT2D eigenvalue weighted by atomic mass is 32.2. The van der Waals surface area contributed by atoms with Crippen LogP contribution in [0.1, 0.15) is 43.4 Å². The Balaban J connectivity index is 1.78. The first-order valence-corrected chi connectivity index (χ1v) is 12.3. The number of halogens is 3. The van der Waals surface area contributed by atoms with Gasteiger partial charge in [-0.1, -0.05) is 17.3 Å². The summed E-state index contributed by atoms with van der Waals surface area (Å²) in [5.74, 6) is 0.110. The first kappa shape index (κ1) is 27.0. The molecule has 0 saturated carbocycles. The maximum Gasteiger partial charge on any atom is 0.416 e. The minimum atomic E-state index is -4.46. The fraction of sp³-hybridized carbons (Fsp3) is 0.545. The number of alkyl halides is 3. The van der Waals surface area contributed by atoms with E-state index >= 15 is 0 Å². The molecule has 2 atom stereocenters. The summed E-state index contributed by atoms with van der Waals surface area (Å²) in [6.07, 6.45) is -5.89. The van der Waals surface area contributed by atoms with Crippen LogP contribution in [0.2, 0.25) is 0 Å². The number of hydrogen-bond acceptors (Lipinski definition) is 7. The maximum absolute atomic E-state index is 13.0. The van der Waals surface area contributed by atoms with Gasteiger partial charge in [0.15, 0.2) is 5.76 Å². The molecule has 0 aliphatic carbocycles. The van der Waals surface area contributed by atoms with E-state index in [0.717, 1.165) is 12.1 Å². The van der Waals surface area contributed by atoms with Gasteiger partial charge in [0.25, 0.3) is 0 Å². The van der Waals surface area contributed by atoms with Crippen molar-refractivity contribution in [2.75, 3.05) is 13.1 Å². The molecular formula is C22H28F3N3O6S. The molecule has 0 radical (unpaired) electrons. The Bertz CT molecular complexity index is 1140. The molecular weight excluding hydrogens is 491 g/mol. The third kappa shape index (κ3) is 6.73. The lowest BCUT2D eigenvalue weighted by Crippen LogP contribution is -2.44. The third-order valence-electron chi connectivity index (χ3n) is 5.21. The van der Waals surface area contributed by atoms with Gasteiger partial charge in [-0.15, -0.1) is 0 Å². The number of nitrogens with one attached hydrogen (secondary N) is 1. The number of carbonyl (C=O) groups excluding carboxylic acids is 1. The lowest BCUT2D eigenvalue weighted by Gasteiger charge is -2.24. The minimum Gasteiger partial charge on any atom is -0.444 e. The third-order valence-corrected chi connectivity index (χ3v) is 6.94. The van der Waals surface area contributed by atoms with Gasteiger partial charge in [0, 0.05) is 6.54 Å². The number of nitrogens with zero attached hydrogens (tertiary/aromatic N) is 2. The minimum absolute atomic E-state index is 0.0182. The van der Waals surface area contributed by atoms with E-state index in [-0.39, 0.29) is 36.0 Å². The van der Waals surface area contributed by atoms with E-state index < -0.39 is 45.6 Å². The number of aryl methyl sites for hydroxylation is 2. The SMILES string of the molecule is Cc1noc(C)c1S(=O)(=O)N[C@@H]1CN(C(=O)OC(C)(C)C)C[C@H]1OCc1ccc(C(F)(F)F)cc1. The van der Waals surface area contributed by atoms with E-state index in [0.29, 0.717) is 5.56 Å². The number of aromatic nitrogens is 1. The van der Waals surface area contributed by atoms with Crippen LogP contribution in [0.4, 0.5) is 18.0 Å². The summed E-state index contributed by atoms with van der Waals surface area (Å²) in [6, 6.07) is 3.60. The summed E-state index contributed by atoms with van der Waals surface area (Å²) in [5.41, 5.74) is -0.911. The molecule has 13 heteroatoms. The molecule has 2 heterocycles. The van der Waals surface area contributed by atoms with Gasteiger partial charge in [-0.25, -0.2) is 17.9 Å². The summed E-state index contributed by atoms with van der Waals surface area (Å²) < 4.78 is 83.3. The fourth-order valence-corrected chi connectivity index (χ4v) is 5.23. The van der Waals surface area contributed by atoms with Crippen molar-refractivity contribution in [2.45, 2.75) is 70.0 Å². The molecule has 1 aliphatic rings. The van der Waals surface area contributed by atoms with E-state index in [4.69, 9.17) is 14.0 Å². The number of amides is 1. The number of benzene rings is 1. The molecule has 0 unspecified atom stereocenters. The number of likely N-dealkylation sites (tertiary alicyclic amines) is 1. The Labute approximate surface area is 201 Å².